The second kappa shape index (κ2) is 6.19. The molecule has 0 bridgehead atoms. The van der Waals surface area contributed by atoms with E-state index >= 15 is 0 Å². The monoisotopic (exact) mass is 349 g/mol. The molecule has 2 aromatic rings. The van der Waals surface area contributed by atoms with Gasteiger partial charge in [0.2, 0.25) is 0 Å². The number of hydrogen-bond acceptors (Lipinski definition) is 4. The summed E-state index contributed by atoms with van der Waals surface area (Å²) in [6.07, 6.45) is -4.64. The molecule has 1 aromatic heterocycles. The van der Waals surface area contributed by atoms with Gasteiger partial charge in [0.25, 0.3) is 0 Å². The molecule has 0 saturated carbocycles. The maximum atomic E-state index is 13.6. The van der Waals surface area contributed by atoms with Crippen molar-refractivity contribution >= 4 is 11.8 Å². The fraction of sp³-hybridized carbons (Fsp3) is 0.235. The van der Waals surface area contributed by atoms with Gasteiger partial charge in [-0.2, -0.15) is 18.3 Å². The molecule has 1 atom stereocenters. The van der Waals surface area contributed by atoms with E-state index in [4.69, 9.17) is 4.74 Å². The fourth-order valence-electron chi connectivity index (χ4n) is 2.56. The molecule has 25 heavy (non-hydrogen) atoms. The Bertz CT molecular complexity index is 845. The second-order valence-corrected chi connectivity index (χ2v) is 5.60. The summed E-state index contributed by atoms with van der Waals surface area (Å²) in [5.41, 5.74) is 2.86. The van der Waals surface area contributed by atoms with Gasteiger partial charge in [-0.3, -0.25) is 4.98 Å². The Morgan fingerprint density at radius 3 is 2.48 bits per heavy atom. The number of aromatic nitrogens is 1. The van der Waals surface area contributed by atoms with Crippen LogP contribution in [0.15, 0.2) is 41.6 Å². The summed E-state index contributed by atoms with van der Waals surface area (Å²) in [6, 6.07) is 7.14. The number of ether oxygens (including phenoxy) is 1. The Kier molecular flexibility index (Phi) is 4.20. The highest BCUT2D eigenvalue weighted by Crippen LogP contribution is 2.38. The van der Waals surface area contributed by atoms with E-state index in [9.17, 15) is 18.0 Å². The number of hydrogen-bond donors (Lipinski definition) is 1. The molecular formula is C17H14F3N3O2. The SMILES string of the molecule is Cc1ccc(-c2ccc(C3=NNC(=O)O[C@H]3C)cc2C(F)(F)F)cn1. The lowest BCUT2D eigenvalue weighted by Crippen LogP contribution is -2.37. The number of nitrogens with one attached hydrogen (secondary N) is 1. The van der Waals surface area contributed by atoms with Crippen LogP contribution in [0.3, 0.4) is 0 Å². The first-order valence-electron chi connectivity index (χ1n) is 7.44. The summed E-state index contributed by atoms with van der Waals surface area (Å²) in [5, 5.41) is 3.81. The molecule has 0 spiro atoms. The highest BCUT2D eigenvalue weighted by atomic mass is 19.4. The van der Waals surface area contributed by atoms with E-state index in [1.165, 1.54) is 18.3 Å². The number of nitrogens with zero attached hydrogens (tertiary/aromatic N) is 2. The number of carbonyl (C=O) groups excluding carboxylic acids is 1. The molecule has 0 unspecified atom stereocenters. The number of amides is 1. The van der Waals surface area contributed by atoms with Gasteiger partial charge >= 0.3 is 12.3 Å². The molecule has 0 radical (unpaired) electrons. The standard InChI is InChI=1S/C17H14F3N3O2/c1-9-3-4-12(8-21-9)13-6-5-11(7-14(13)17(18,19)20)15-10(2)25-16(24)23-22-15/h3-8,10H,1-2H3,(H,23,24)/t10-/m0/s1. The first kappa shape index (κ1) is 16.9. The second-order valence-electron chi connectivity index (χ2n) is 5.60. The van der Waals surface area contributed by atoms with Crippen molar-refractivity contribution < 1.29 is 22.7 Å². The van der Waals surface area contributed by atoms with Crippen molar-refractivity contribution in [1.82, 2.24) is 10.4 Å². The summed E-state index contributed by atoms with van der Waals surface area (Å²) in [5.74, 6) is 0. The molecule has 1 N–H and O–H groups in total. The fourth-order valence-corrected chi connectivity index (χ4v) is 2.56. The van der Waals surface area contributed by atoms with E-state index in [0.717, 1.165) is 6.07 Å². The van der Waals surface area contributed by atoms with Crippen molar-refractivity contribution in [3.63, 3.8) is 0 Å². The highest BCUT2D eigenvalue weighted by molar-refractivity contribution is 6.06. The minimum absolute atomic E-state index is 0.0257. The zero-order valence-corrected chi connectivity index (χ0v) is 13.4. The van der Waals surface area contributed by atoms with Gasteiger partial charge in [0.15, 0.2) is 0 Å². The summed E-state index contributed by atoms with van der Waals surface area (Å²) < 4.78 is 45.6. The van der Waals surface area contributed by atoms with Crippen LogP contribution in [-0.2, 0) is 10.9 Å². The van der Waals surface area contributed by atoms with Gasteiger partial charge in [-0.15, -0.1) is 0 Å². The third-order valence-corrected chi connectivity index (χ3v) is 3.78. The number of rotatable bonds is 2. The van der Waals surface area contributed by atoms with Gasteiger partial charge in [0.05, 0.1) is 5.56 Å². The topological polar surface area (TPSA) is 63.6 Å². The van der Waals surface area contributed by atoms with Gasteiger partial charge in [0.1, 0.15) is 11.8 Å². The number of benzene rings is 1. The number of cyclic esters (lactones) is 1. The molecule has 1 amide bonds. The average Bonchev–Trinajstić information content (AvgIpc) is 2.54. The maximum Gasteiger partial charge on any atom is 0.428 e. The third-order valence-electron chi connectivity index (χ3n) is 3.78. The van der Waals surface area contributed by atoms with E-state index < -0.39 is 23.9 Å². The van der Waals surface area contributed by atoms with Crippen molar-refractivity contribution in [2.24, 2.45) is 5.10 Å². The number of carbonyl (C=O) groups is 1. The van der Waals surface area contributed by atoms with E-state index in [0.29, 0.717) is 11.3 Å². The van der Waals surface area contributed by atoms with Crippen molar-refractivity contribution in [3.05, 3.63) is 53.3 Å². The molecule has 8 heteroatoms. The minimum Gasteiger partial charge on any atom is -0.439 e. The molecule has 130 valence electrons. The third kappa shape index (κ3) is 3.47. The summed E-state index contributed by atoms with van der Waals surface area (Å²) in [6.45, 7) is 3.30. The Morgan fingerprint density at radius 2 is 1.88 bits per heavy atom. The number of pyridine rings is 1. The normalized spacial score (nSPS) is 17.6. The molecule has 0 saturated heterocycles. The van der Waals surface area contributed by atoms with Crippen LogP contribution >= 0.6 is 0 Å². The Balaban J connectivity index is 2.10. The lowest BCUT2D eigenvalue weighted by Gasteiger charge is -2.21. The van der Waals surface area contributed by atoms with Crippen LogP contribution in [0.25, 0.3) is 11.1 Å². The Labute approximate surface area is 141 Å². The van der Waals surface area contributed by atoms with Crippen LogP contribution in [0.1, 0.15) is 23.7 Å². The molecular weight excluding hydrogens is 335 g/mol. The first-order chi connectivity index (χ1) is 11.8. The molecule has 3 rings (SSSR count). The molecule has 1 aliphatic heterocycles. The summed E-state index contributed by atoms with van der Waals surface area (Å²) >= 11 is 0. The molecule has 0 aliphatic carbocycles. The molecule has 2 heterocycles. The van der Waals surface area contributed by atoms with Crippen LogP contribution in [0, 0.1) is 6.92 Å². The lowest BCUT2D eigenvalue weighted by molar-refractivity contribution is -0.137. The smallest absolute Gasteiger partial charge is 0.428 e. The molecule has 1 aliphatic rings. The number of alkyl halides is 3. The minimum atomic E-state index is -4.56. The number of hydrazone groups is 1. The number of aryl methyl sites for hydroxylation is 1. The Morgan fingerprint density at radius 1 is 1.16 bits per heavy atom. The van der Waals surface area contributed by atoms with Gasteiger partial charge in [0, 0.05) is 23.0 Å². The zero-order chi connectivity index (χ0) is 18.2. The highest BCUT2D eigenvalue weighted by Gasteiger charge is 2.35. The van der Waals surface area contributed by atoms with E-state index in [-0.39, 0.29) is 16.8 Å². The van der Waals surface area contributed by atoms with Crippen molar-refractivity contribution in [2.75, 3.05) is 0 Å². The molecule has 1 aromatic carbocycles. The van der Waals surface area contributed by atoms with Crippen LogP contribution < -0.4 is 5.43 Å². The quantitative estimate of drug-likeness (QED) is 0.894. The van der Waals surface area contributed by atoms with Crippen LogP contribution in [-0.4, -0.2) is 22.9 Å². The van der Waals surface area contributed by atoms with E-state index in [1.54, 1.807) is 26.0 Å². The predicted molar refractivity (Wildman–Crippen MR) is 85.0 cm³/mol. The number of halogens is 3. The van der Waals surface area contributed by atoms with Crippen molar-refractivity contribution in [2.45, 2.75) is 26.1 Å². The van der Waals surface area contributed by atoms with Crippen LogP contribution in [0.5, 0.6) is 0 Å². The Hall–Kier alpha value is -2.90. The summed E-state index contributed by atoms with van der Waals surface area (Å²) in [4.78, 5) is 15.2. The predicted octanol–water partition coefficient (Wildman–Crippen LogP) is 3.91. The van der Waals surface area contributed by atoms with Gasteiger partial charge in [-0.25, -0.2) is 10.2 Å². The van der Waals surface area contributed by atoms with E-state index in [1.807, 2.05) is 0 Å². The van der Waals surface area contributed by atoms with Crippen molar-refractivity contribution in [1.29, 1.82) is 0 Å². The molecule has 5 nitrogen and oxygen atoms in total. The average molecular weight is 349 g/mol. The van der Waals surface area contributed by atoms with Gasteiger partial charge in [-0.1, -0.05) is 18.2 Å². The lowest BCUT2D eigenvalue weighted by atomic mass is 9.95. The summed E-state index contributed by atoms with van der Waals surface area (Å²) in [7, 11) is 0. The molecule has 0 fully saturated rings. The first-order valence-corrected chi connectivity index (χ1v) is 7.44. The van der Waals surface area contributed by atoms with Gasteiger partial charge in [-0.05, 0) is 31.5 Å². The van der Waals surface area contributed by atoms with Gasteiger partial charge < -0.3 is 4.74 Å². The van der Waals surface area contributed by atoms with Crippen LogP contribution in [0.2, 0.25) is 0 Å². The largest absolute Gasteiger partial charge is 0.439 e. The van der Waals surface area contributed by atoms with Crippen molar-refractivity contribution in [3.8, 4) is 11.1 Å². The zero-order valence-electron chi connectivity index (χ0n) is 13.4. The maximum absolute atomic E-state index is 13.6. The van der Waals surface area contributed by atoms with E-state index in [2.05, 4.69) is 15.5 Å². The van der Waals surface area contributed by atoms with Crippen LogP contribution in [0.4, 0.5) is 18.0 Å².